The summed E-state index contributed by atoms with van der Waals surface area (Å²) >= 11 is 0. The second kappa shape index (κ2) is 6.66. The molecule has 2 atom stereocenters. The summed E-state index contributed by atoms with van der Waals surface area (Å²) in [6.45, 7) is 9.28. The van der Waals surface area contributed by atoms with Gasteiger partial charge in [-0.1, -0.05) is 27.7 Å². The minimum absolute atomic E-state index is 0.953. The van der Waals surface area contributed by atoms with E-state index in [-0.39, 0.29) is 0 Å². The van der Waals surface area contributed by atoms with Gasteiger partial charge < -0.3 is 5.32 Å². The quantitative estimate of drug-likeness (QED) is 0.570. The molecule has 2 fully saturated rings. The SMILES string of the molecule is C1CNC2CC2C1.CC.CC. The van der Waals surface area contributed by atoms with Gasteiger partial charge in [0.25, 0.3) is 0 Å². The van der Waals surface area contributed by atoms with Crippen LogP contribution in [0.1, 0.15) is 47.0 Å². The molecule has 0 aromatic rings. The van der Waals surface area contributed by atoms with E-state index in [0.717, 1.165) is 12.0 Å². The highest BCUT2D eigenvalue weighted by Gasteiger charge is 2.37. The molecule has 1 aliphatic carbocycles. The Morgan fingerprint density at radius 3 is 2.09 bits per heavy atom. The van der Waals surface area contributed by atoms with Crippen LogP contribution < -0.4 is 5.32 Å². The maximum atomic E-state index is 3.46. The monoisotopic (exact) mass is 157 g/mol. The maximum Gasteiger partial charge on any atom is 0.00991 e. The molecule has 2 rings (SSSR count). The highest BCUT2D eigenvalue weighted by molar-refractivity contribution is 4.95. The molecule has 0 spiro atoms. The summed E-state index contributed by atoms with van der Waals surface area (Å²) in [5, 5.41) is 3.46. The molecule has 2 unspecified atom stereocenters. The van der Waals surface area contributed by atoms with Crippen LogP contribution in [0.15, 0.2) is 0 Å². The van der Waals surface area contributed by atoms with Crippen LogP contribution in [-0.4, -0.2) is 12.6 Å². The first-order chi connectivity index (χ1) is 5.47. The topological polar surface area (TPSA) is 12.0 Å². The van der Waals surface area contributed by atoms with Crippen molar-refractivity contribution in [2.45, 2.75) is 53.0 Å². The summed E-state index contributed by atoms with van der Waals surface area (Å²) in [4.78, 5) is 0. The van der Waals surface area contributed by atoms with Gasteiger partial charge in [-0.2, -0.15) is 0 Å². The van der Waals surface area contributed by atoms with E-state index in [2.05, 4.69) is 5.32 Å². The standard InChI is InChI=1S/C6H11N.2C2H6/c1-2-5-4-6(5)7-3-1;2*1-2/h5-7H,1-4H2;2*1-2H3. The second-order valence-corrected chi connectivity index (χ2v) is 2.70. The molecule has 0 aromatic carbocycles. The van der Waals surface area contributed by atoms with Gasteiger partial charge in [0.1, 0.15) is 0 Å². The van der Waals surface area contributed by atoms with Crippen molar-refractivity contribution < 1.29 is 0 Å². The van der Waals surface area contributed by atoms with Crippen LogP contribution in [0, 0.1) is 5.92 Å². The Bertz CT molecular complexity index is 70.9. The van der Waals surface area contributed by atoms with Gasteiger partial charge >= 0.3 is 0 Å². The molecule has 1 heteroatoms. The van der Waals surface area contributed by atoms with Crippen molar-refractivity contribution in [2.24, 2.45) is 5.92 Å². The number of nitrogens with one attached hydrogen (secondary N) is 1. The maximum absolute atomic E-state index is 3.46. The van der Waals surface area contributed by atoms with Crippen molar-refractivity contribution >= 4 is 0 Å². The summed E-state index contributed by atoms with van der Waals surface area (Å²) in [6, 6.07) is 0.953. The zero-order valence-corrected chi connectivity index (χ0v) is 8.48. The van der Waals surface area contributed by atoms with Crippen LogP contribution in [0.3, 0.4) is 0 Å². The predicted molar refractivity (Wildman–Crippen MR) is 51.8 cm³/mol. The lowest BCUT2D eigenvalue weighted by Crippen LogP contribution is -2.23. The molecule has 0 radical (unpaired) electrons. The second-order valence-electron chi connectivity index (χ2n) is 2.70. The van der Waals surface area contributed by atoms with Gasteiger partial charge in [0, 0.05) is 6.04 Å². The van der Waals surface area contributed by atoms with Gasteiger partial charge in [-0.25, -0.2) is 0 Å². The van der Waals surface area contributed by atoms with Gasteiger partial charge in [-0.3, -0.25) is 0 Å². The molecule has 1 nitrogen and oxygen atoms in total. The van der Waals surface area contributed by atoms with Crippen molar-refractivity contribution in [1.82, 2.24) is 5.32 Å². The third-order valence-electron chi connectivity index (χ3n) is 2.08. The predicted octanol–water partition coefficient (Wildman–Crippen LogP) is 2.81. The van der Waals surface area contributed by atoms with Crippen LogP contribution >= 0.6 is 0 Å². The molecular formula is C10H23N. The summed E-state index contributed by atoms with van der Waals surface area (Å²) in [7, 11) is 0. The van der Waals surface area contributed by atoms with Crippen molar-refractivity contribution in [3.63, 3.8) is 0 Å². The smallest absolute Gasteiger partial charge is 0.00991 e. The van der Waals surface area contributed by atoms with E-state index in [1.165, 1.54) is 25.8 Å². The minimum Gasteiger partial charge on any atom is -0.314 e. The molecule has 0 amide bonds. The Morgan fingerprint density at radius 1 is 1.09 bits per heavy atom. The van der Waals surface area contributed by atoms with Crippen molar-refractivity contribution in [3.05, 3.63) is 0 Å². The molecule has 1 heterocycles. The highest BCUT2D eigenvalue weighted by Crippen LogP contribution is 2.36. The Balaban J connectivity index is 0.000000222. The number of fused-ring (bicyclic) bond motifs is 1. The normalized spacial score (nSPS) is 31.6. The molecule has 1 saturated heterocycles. The molecule has 2 aliphatic rings. The van der Waals surface area contributed by atoms with Gasteiger partial charge in [0.15, 0.2) is 0 Å². The number of rotatable bonds is 0. The van der Waals surface area contributed by atoms with Crippen LogP contribution in [0.2, 0.25) is 0 Å². The largest absolute Gasteiger partial charge is 0.314 e. The Hall–Kier alpha value is -0.0400. The highest BCUT2D eigenvalue weighted by atomic mass is 15.0. The fourth-order valence-electron chi connectivity index (χ4n) is 1.47. The number of piperidine rings is 1. The van der Waals surface area contributed by atoms with Crippen LogP contribution in [0.4, 0.5) is 0 Å². The summed E-state index contributed by atoms with van der Waals surface area (Å²) in [6.07, 6.45) is 4.39. The van der Waals surface area contributed by atoms with E-state index < -0.39 is 0 Å². The zero-order valence-electron chi connectivity index (χ0n) is 8.48. The minimum atomic E-state index is 0.953. The third-order valence-corrected chi connectivity index (χ3v) is 2.08. The third kappa shape index (κ3) is 3.76. The van der Waals surface area contributed by atoms with Gasteiger partial charge in [-0.05, 0) is 31.7 Å². The first-order valence-electron chi connectivity index (χ1n) is 5.20. The Kier molecular flexibility index (Phi) is 6.63. The van der Waals surface area contributed by atoms with Crippen molar-refractivity contribution in [3.8, 4) is 0 Å². The van der Waals surface area contributed by atoms with Gasteiger partial charge in [0.05, 0.1) is 0 Å². The van der Waals surface area contributed by atoms with Crippen LogP contribution in [0.25, 0.3) is 0 Å². The van der Waals surface area contributed by atoms with E-state index >= 15 is 0 Å². The fourth-order valence-corrected chi connectivity index (χ4v) is 1.47. The lowest BCUT2D eigenvalue weighted by Gasteiger charge is -2.08. The van der Waals surface area contributed by atoms with Crippen LogP contribution in [-0.2, 0) is 0 Å². The van der Waals surface area contributed by atoms with Crippen molar-refractivity contribution in [2.75, 3.05) is 6.54 Å². The number of hydrogen-bond acceptors (Lipinski definition) is 1. The first kappa shape index (κ1) is 11.0. The lowest BCUT2D eigenvalue weighted by atomic mass is 10.2. The molecule has 1 saturated carbocycles. The summed E-state index contributed by atoms with van der Waals surface area (Å²) in [5.74, 6) is 1.09. The molecule has 1 aliphatic heterocycles. The van der Waals surface area contributed by atoms with E-state index in [1.54, 1.807) is 0 Å². The molecular weight excluding hydrogens is 134 g/mol. The molecule has 0 aromatic heterocycles. The Labute approximate surface area is 71.6 Å². The Morgan fingerprint density at radius 2 is 1.73 bits per heavy atom. The molecule has 68 valence electrons. The first-order valence-corrected chi connectivity index (χ1v) is 5.20. The van der Waals surface area contributed by atoms with Crippen molar-refractivity contribution in [1.29, 1.82) is 0 Å². The fraction of sp³-hybridized carbons (Fsp3) is 1.00. The average Bonchev–Trinajstić information content (AvgIpc) is 2.90. The van der Waals surface area contributed by atoms with Gasteiger partial charge in [-0.15, -0.1) is 0 Å². The summed E-state index contributed by atoms with van der Waals surface area (Å²) < 4.78 is 0. The molecule has 1 N–H and O–H groups in total. The van der Waals surface area contributed by atoms with Gasteiger partial charge in [0.2, 0.25) is 0 Å². The van der Waals surface area contributed by atoms with E-state index in [9.17, 15) is 0 Å². The van der Waals surface area contributed by atoms with E-state index in [1.807, 2.05) is 27.7 Å². The zero-order chi connectivity index (χ0) is 8.69. The average molecular weight is 157 g/mol. The van der Waals surface area contributed by atoms with Crippen LogP contribution in [0.5, 0.6) is 0 Å². The summed E-state index contributed by atoms with van der Waals surface area (Å²) in [5.41, 5.74) is 0. The van der Waals surface area contributed by atoms with E-state index in [4.69, 9.17) is 0 Å². The number of hydrogen-bond donors (Lipinski definition) is 1. The lowest BCUT2D eigenvalue weighted by molar-refractivity contribution is 0.505. The van der Waals surface area contributed by atoms with E-state index in [0.29, 0.717) is 0 Å². The molecule has 0 bridgehead atoms. The molecule has 11 heavy (non-hydrogen) atoms.